The van der Waals surface area contributed by atoms with Crippen LogP contribution in [0.25, 0.3) is 22.1 Å². The molecule has 1 saturated heterocycles. The number of H-pyrrole nitrogens is 1. The van der Waals surface area contributed by atoms with Crippen molar-refractivity contribution in [2.24, 2.45) is 5.92 Å². The van der Waals surface area contributed by atoms with E-state index < -0.39 is 0 Å². The van der Waals surface area contributed by atoms with Gasteiger partial charge in [0.1, 0.15) is 11.2 Å². The minimum Gasteiger partial charge on any atom is -0.381 e. The number of nitrogens with zero attached hydrogens (tertiary/aromatic N) is 4. The molecular formula is C22H26N6O2. The van der Waals surface area contributed by atoms with Gasteiger partial charge in [0.2, 0.25) is 0 Å². The summed E-state index contributed by atoms with van der Waals surface area (Å²) in [5.41, 5.74) is 2.53. The van der Waals surface area contributed by atoms with E-state index in [9.17, 15) is 4.79 Å². The van der Waals surface area contributed by atoms with Crippen LogP contribution < -0.4 is 5.32 Å². The molecule has 0 aromatic carbocycles. The number of nitrogens with one attached hydrogen (secondary N) is 2. The second-order valence-electron chi connectivity index (χ2n) is 8.43. The smallest absolute Gasteiger partial charge is 0.287 e. The van der Waals surface area contributed by atoms with E-state index in [1.807, 2.05) is 12.3 Å². The number of aromatic amines is 1. The van der Waals surface area contributed by atoms with Gasteiger partial charge in [-0.25, -0.2) is 9.97 Å². The lowest BCUT2D eigenvalue weighted by Crippen LogP contribution is -2.40. The zero-order chi connectivity index (χ0) is 20.5. The van der Waals surface area contributed by atoms with Crippen molar-refractivity contribution in [1.82, 2.24) is 24.8 Å². The number of nitriles is 1. The Morgan fingerprint density at radius 2 is 2.07 bits per heavy atom. The second kappa shape index (κ2) is 8.07. The number of aromatic nitrogens is 4. The molecular weight excluding hydrogens is 380 g/mol. The topological polar surface area (TPSA) is 109 Å². The van der Waals surface area contributed by atoms with Crippen LogP contribution in [-0.4, -0.2) is 44.7 Å². The molecule has 0 bridgehead atoms. The van der Waals surface area contributed by atoms with Gasteiger partial charge in [-0.3, -0.25) is 4.79 Å². The van der Waals surface area contributed by atoms with Gasteiger partial charge in [-0.15, -0.1) is 0 Å². The summed E-state index contributed by atoms with van der Waals surface area (Å²) in [4.78, 5) is 25.6. The van der Waals surface area contributed by atoms with Gasteiger partial charge in [-0.05, 0) is 50.5 Å². The average molecular weight is 406 g/mol. The third-order valence-corrected chi connectivity index (χ3v) is 6.56. The van der Waals surface area contributed by atoms with Gasteiger partial charge in [-0.2, -0.15) is 5.26 Å². The predicted octanol–water partition coefficient (Wildman–Crippen LogP) is 3.47. The Hall–Kier alpha value is -2.92. The van der Waals surface area contributed by atoms with Crippen molar-refractivity contribution < 1.29 is 9.53 Å². The van der Waals surface area contributed by atoms with Crippen LogP contribution in [0.5, 0.6) is 0 Å². The normalized spacial score (nSPS) is 22.9. The van der Waals surface area contributed by atoms with Crippen LogP contribution in [0.3, 0.4) is 0 Å². The Bertz CT molecular complexity index is 1100. The number of ether oxygens (including phenoxy) is 1. The largest absolute Gasteiger partial charge is 0.381 e. The monoisotopic (exact) mass is 406 g/mol. The molecule has 1 amide bonds. The van der Waals surface area contributed by atoms with E-state index in [4.69, 9.17) is 15.0 Å². The van der Waals surface area contributed by atoms with E-state index in [1.54, 1.807) is 6.20 Å². The van der Waals surface area contributed by atoms with Crippen molar-refractivity contribution in [3.63, 3.8) is 0 Å². The Morgan fingerprint density at radius 1 is 1.27 bits per heavy atom. The van der Waals surface area contributed by atoms with Gasteiger partial charge in [0.25, 0.3) is 5.91 Å². The van der Waals surface area contributed by atoms with Crippen LogP contribution in [0.15, 0.2) is 18.5 Å². The molecule has 0 unspecified atom stereocenters. The Kier molecular flexibility index (Phi) is 5.13. The van der Waals surface area contributed by atoms with Crippen molar-refractivity contribution in [2.45, 2.75) is 57.0 Å². The third kappa shape index (κ3) is 3.43. The van der Waals surface area contributed by atoms with Crippen molar-refractivity contribution in [1.29, 1.82) is 5.26 Å². The number of hydrogen-bond acceptors (Lipinski definition) is 5. The predicted molar refractivity (Wildman–Crippen MR) is 112 cm³/mol. The van der Waals surface area contributed by atoms with Crippen molar-refractivity contribution in [3.05, 3.63) is 24.3 Å². The van der Waals surface area contributed by atoms with E-state index in [1.165, 1.54) is 0 Å². The lowest BCUT2D eigenvalue weighted by atomic mass is 9.84. The van der Waals surface area contributed by atoms with Gasteiger partial charge >= 0.3 is 0 Å². The van der Waals surface area contributed by atoms with Crippen LogP contribution >= 0.6 is 0 Å². The summed E-state index contributed by atoms with van der Waals surface area (Å²) in [6, 6.07) is 4.63. The highest BCUT2D eigenvalue weighted by atomic mass is 16.5. The summed E-state index contributed by atoms with van der Waals surface area (Å²) in [5.74, 6) is 0.797. The number of amides is 1. The summed E-state index contributed by atoms with van der Waals surface area (Å²) in [6.07, 6.45) is 9.79. The number of carbonyl (C=O) groups excluding carboxylic acids is 1. The van der Waals surface area contributed by atoms with Crippen molar-refractivity contribution in [3.8, 4) is 6.07 Å². The number of pyridine rings is 1. The van der Waals surface area contributed by atoms with Crippen molar-refractivity contribution in [2.75, 3.05) is 13.2 Å². The average Bonchev–Trinajstić information content (AvgIpc) is 3.39. The minimum atomic E-state index is -0.124. The SMILES string of the molecule is N#CC[C@H]1CC[C@H](n2c(C(=O)NC3CCOCC3)nc3cnc4[nH]ccc4c32)CC1. The molecule has 0 spiro atoms. The first-order valence-corrected chi connectivity index (χ1v) is 10.8. The molecule has 0 atom stereocenters. The first-order valence-electron chi connectivity index (χ1n) is 10.8. The van der Waals surface area contributed by atoms with Crippen molar-refractivity contribution >= 4 is 28.0 Å². The number of hydrogen-bond donors (Lipinski definition) is 2. The number of rotatable bonds is 4. The Morgan fingerprint density at radius 3 is 2.83 bits per heavy atom. The highest BCUT2D eigenvalue weighted by Gasteiger charge is 2.30. The molecule has 5 rings (SSSR count). The maximum absolute atomic E-state index is 13.3. The quantitative estimate of drug-likeness (QED) is 0.690. The first-order chi connectivity index (χ1) is 14.7. The molecule has 1 aliphatic heterocycles. The summed E-state index contributed by atoms with van der Waals surface area (Å²) < 4.78 is 7.56. The highest BCUT2D eigenvalue weighted by molar-refractivity contribution is 6.04. The molecule has 0 radical (unpaired) electrons. The molecule has 2 fully saturated rings. The van der Waals surface area contributed by atoms with E-state index in [0.29, 0.717) is 31.4 Å². The summed E-state index contributed by atoms with van der Waals surface area (Å²) in [7, 11) is 0. The minimum absolute atomic E-state index is 0.122. The lowest BCUT2D eigenvalue weighted by molar-refractivity contribution is 0.0688. The molecule has 3 aromatic heterocycles. The van der Waals surface area contributed by atoms with Gasteiger partial charge in [0, 0.05) is 43.3 Å². The zero-order valence-corrected chi connectivity index (χ0v) is 16.9. The van der Waals surface area contributed by atoms with E-state index in [-0.39, 0.29) is 18.0 Å². The number of fused-ring (bicyclic) bond motifs is 3. The molecule has 8 heteroatoms. The third-order valence-electron chi connectivity index (χ3n) is 6.56. The maximum Gasteiger partial charge on any atom is 0.287 e. The van der Waals surface area contributed by atoms with E-state index >= 15 is 0 Å². The maximum atomic E-state index is 13.3. The van der Waals surface area contributed by atoms with Gasteiger partial charge in [0.15, 0.2) is 5.82 Å². The Balaban J connectivity index is 1.53. The molecule has 156 valence electrons. The molecule has 30 heavy (non-hydrogen) atoms. The summed E-state index contributed by atoms with van der Waals surface area (Å²) >= 11 is 0. The molecule has 3 aromatic rings. The molecule has 8 nitrogen and oxygen atoms in total. The van der Waals surface area contributed by atoms with Crippen LogP contribution in [0.2, 0.25) is 0 Å². The fraction of sp³-hybridized carbons (Fsp3) is 0.545. The number of imidazole rings is 1. The van der Waals surface area contributed by atoms with Gasteiger partial charge in [0.05, 0.1) is 17.8 Å². The lowest BCUT2D eigenvalue weighted by Gasteiger charge is -2.30. The first kappa shape index (κ1) is 19.1. The molecule has 2 aliphatic rings. The zero-order valence-electron chi connectivity index (χ0n) is 16.9. The van der Waals surface area contributed by atoms with E-state index in [2.05, 4.69) is 25.9 Å². The molecule has 1 aliphatic carbocycles. The van der Waals surface area contributed by atoms with Gasteiger partial charge < -0.3 is 19.6 Å². The van der Waals surface area contributed by atoms with Crippen LogP contribution in [0.4, 0.5) is 0 Å². The highest BCUT2D eigenvalue weighted by Crippen LogP contribution is 2.37. The van der Waals surface area contributed by atoms with Crippen LogP contribution in [0, 0.1) is 17.2 Å². The molecule has 1 saturated carbocycles. The summed E-state index contributed by atoms with van der Waals surface area (Å²) in [6.45, 7) is 1.36. The standard InChI is InChI=1S/C22H26N6O2/c23-9-5-14-1-3-16(4-2-14)28-19-17-6-10-24-20(17)25-13-18(19)27-21(28)22(29)26-15-7-11-30-12-8-15/h6,10,13-16H,1-5,7-8,11-12H2,(H,24,25)(H,26,29)/t14-,16-. The Labute approximate surface area is 174 Å². The van der Waals surface area contributed by atoms with Gasteiger partial charge in [-0.1, -0.05) is 0 Å². The fourth-order valence-corrected chi connectivity index (χ4v) is 4.94. The van der Waals surface area contributed by atoms with Crippen LogP contribution in [-0.2, 0) is 4.74 Å². The fourth-order valence-electron chi connectivity index (χ4n) is 4.94. The molecule has 4 heterocycles. The molecule has 2 N–H and O–H groups in total. The van der Waals surface area contributed by atoms with E-state index in [0.717, 1.165) is 60.6 Å². The van der Waals surface area contributed by atoms with Crippen LogP contribution in [0.1, 0.15) is 61.6 Å². The second-order valence-corrected chi connectivity index (χ2v) is 8.43. The summed E-state index contributed by atoms with van der Waals surface area (Å²) in [5, 5.41) is 13.2. The number of carbonyl (C=O) groups is 1.